The lowest BCUT2D eigenvalue weighted by Gasteiger charge is -2.13. The zero-order valence-electron chi connectivity index (χ0n) is 20.0. The third kappa shape index (κ3) is 6.39. The molecule has 4 aromatic rings. The second kappa shape index (κ2) is 11.7. The summed E-state index contributed by atoms with van der Waals surface area (Å²) in [5.74, 6) is 1.60. The molecule has 0 saturated carbocycles. The third-order valence-corrected chi connectivity index (χ3v) is 5.84. The molecule has 0 aliphatic heterocycles. The molecule has 0 aromatic heterocycles. The molecule has 35 heavy (non-hydrogen) atoms. The van der Waals surface area contributed by atoms with Gasteiger partial charge in [0.2, 0.25) is 5.91 Å². The van der Waals surface area contributed by atoms with Gasteiger partial charge in [-0.3, -0.25) is 4.79 Å². The van der Waals surface area contributed by atoms with Gasteiger partial charge in [0.1, 0.15) is 11.5 Å². The van der Waals surface area contributed by atoms with Crippen molar-refractivity contribution in [3.63, 3.8) is 0 Å². The van der Waals surface area contributed by atoms with Crippen molar-refractivity contribution in [3.8, 4) is 22.6 Å². The highest BCUT2D eigenvalue weighted by molar-refractivity contribution is 5.83. The first kappa shape index (κ1) is 23.8. The fraction of sp³-hybridized carbons (Fsp3) is 0.129. The number of hydrogen-bond acceptors (Lipinski definition) is 3. The van der Waals surface area contributed by atoms with Gasteiger partial charge >= 0.3 is 0 Å². The molecule has 0 aliphatic carbocycles. The predicted octanol–water partition coefficient (Wildman–Crippen LogP) is 6.40. The summed E-state index contributed by atoms with van der Waals surface area (Å²) in [6.45, 7) is 0.460. The summed E-state index contributed by atoms with van der Waals surface area (Å²) in [4.78, 5) is 12.6. The second-order valence-corrected chi connectivity index (χ2v) is 8.15. The summed E-state index contributed by atoms with van der Waals surface area (Å²) in [6, 6.07) is 32.0. The number of rotatable bonds is 9. The van der Waals surface area contributed by atoms with Gasteiger partial charge < -0.3 is 14.8 Å². The first-order chi connectivity index (χ1) is 17.2. The fourth-order valence-electron chi connectivity index (χ4n) is 3.91. The molecule has 1 N–H and O–H groups in total. The average Bonchev–Trinajstić information content (AvgIpc) is 2.92. The number of carbonyl (C=O) groups is 1. The molecule has 0 heterocycles. The molecule has 0 bridgehead atoms. The van der Waals surface area contributed by atoms with E-state index in [1.54, 1.807) is 14.2 Å². The zero-order valence-corrected chi connectivity index (χ0v) is 20.0. The van der Waals surface area contributed by atoms with Crippen molar-refractivity contribution in [2.75, 3.05) is 14.2 Å². The van der Waals surface area contributed by atoms with Crippen molar-refractivity contribution < 1.29 is 14.3 Å². The van der Waals surface area contributed by atoms with E-state index in [9.17, 15) is 4.79 Å². The molecule has 0 unspecified atom stereocenters. The topological polar surface area (TPSA) is 47.6 Å². The number of methoxy groups -OCH3 is 2. The molecule has 0 fully saturated rings. The molecule has 4 heteroatoms. The van der Waals surface area contributed by atoms with Crippen LogP contribution in [0.25, 0.3) is 23.3 Å². The normalized spacial score (nSPS) is 10.8. The zero-order chi connectivity index (χ0) is 24.5. The molecule has 0 spiro atoms. The number of hydrogen-bond donors (Lipinski definition) is 1. The first-order valence-corrected chi connectivity index (χ1v) is 11.6. The SMILES string of the molecule is COc1ccc(C=Cc2ccccc2-c2ccccc2CNC(=O)Cc2ccc(OC)cc2)cc1. The Morgan fingerprint density at radius 3 is 2.00 bits per heavy atom. The molecule has 0 radical (unpaired) electrons. The highest BCUT2D eigenvalue weighted by Crippen LogP contribution is 2.29. The Kier molecular flexibility index (Phi) is 7.97. The predicted molar refractivity (Wildman–Crippen MR) is 142 cm³/mol. The number of benzene rings is 4. The van der Waals surface area contributed by atoms with Crippen molar-refractivity contribution >= 4 is 18.1 Å². The summed E-state index contributed by atoms with van der Waals surface area (Å²) in [5, 5.41) is 3.07. The van der Waals surface area contributed by atoms with Gasteiger partial charge in [0.25, 0.3) is 0 Å². The van der Waals surface area contributed by atoms with Crippen LogP contribution in [0.1, 0.15) is 22.3 Å². The van der Waals surface area contributed by atoms with Crippen molar-refractivity contribution in [2.24, 2.45) is 0 Å². The van der Waals surface area contributed by atoms with Crippen LogP contribution in [-0.4, -0.2) is 20.1 Å². The molecular weight excluding hydrogens is 434 g/mol. The van der Waals surface area contributed by atoms with E-state index >= 15 is 0 Å². The number of amides is 1. The molecule has 4 nitrogen and oxygen atoms in total. The van der Waals surface area contributed by atoms with Gasteiger partial charge in [-0.05, 0) is 57.6 Å². The summed E-state index contributed by atoms with van der Waals surface area (Å²) >= 11 is 0. The Balaban J connectivity index is 1.49. The van der Waals surface area contributed by atoms with Crippen LogP contribution >= 0.6 is 0 Å². The quantitative estimate of drug-likeness (QED) is 0.292. The Bertz CT molecular complexity index is 1290. The molecular formula is C31H29NO3. The second-order valence-electron chi connectivity index (χ2n) is 8.15. The van der Waals surface area contributed by atoms with Crippen LogP contribution in [0, 0.1) is 0 Å². The molecule has 0 atom stereocenters. The Labute approximate surface area is 206 Å². The lowest BCUT2D eigenvalue weighted by atomic mass is 9.94. The summed E-state index contributed by atoms with van der Waals surface area (Å²) in [5.41, 5.74) is 6.45. The largest absolute Gasteiger partial charge is 0.497 e. The van der Waals surface area contributed by atoms with Crippen molar-refractivity contribution in [1.29, 1.82) is 0 Å². The minimum absolute atomic E-state index is 0.0161. The van der Waals surface area contributed by atoms with E-state index in [0.29, 0.717) is 13.0 Å². The summed E-state index contributed by atoms with van der Waals surface area (Å²) in [6.07, 6.45) is 4.54. The Morgan fingerprint density at radius 2 is 1.31 bits per heavy atom. The van der Waals surface area contributed by atoms with Crippen LogP contribution in [0.15, 0.2) is 97.1 Å². The van der Waals surface area contributed by atoms with Gasteiger partial charge in [-0.1, -0.05) is 84.9 Å². The van der Waals surface area contributed by atoms with Gasteiger partial charge in [0.15, 0.2) is 0 Å². The first-order valence-electron chi connectivity index (χ1n) is 11.6. The van der Waals surface area contributed by atoms with Gasteiger partial charge in [-0.2, -0.15) is 0 Å². The van der Waals surface area contributed by atoms with Crippen LogP contribution < -0.4 is 14.8 Å². The highest BCUT2D eigenvalue weighted by atomic mass is 16.5. The summed E-state index contributed by atoms with van der Waals surface area (Å²) < 4.78 is 10.4. The molecule has 4 rings (SSSR count). The van der Waals surface area contributed by atoms with Crippen LogP contribution in [0.2, 0.25) is 0 Å². The maximum atomic E-state index is 12.6. The molecule has 4 aromatic carbocycles. The van der Waals surface area contributed by atoms with E-state index in [2.05, 4.69) is 41.7 Å². The highest BCUT2D eigenvalue weighted by Gasteiger charge is 2.10. The van der Waals surface area contributed by atoms with Crippen molar-refractivity contribution in [3.05, 3.63) is 119 Å². The molecule has 176 valence electrons. The minimum Gasteiger partial charge on any atom is -0.497 e. The van der Waals surface area contributed by atoms with Gasteiger partial charge in [-0.15, -0.1) is 0 Å². The average molecular weight is 464 g/mol. The fourth-order valence-corrected chi connectivity index (χ4v) is 3.91. The van der Waals surface area contributed by atoms with E-state index < -0.39 is 0 Å². The molecule has 1 amide bonds. The smallest absolute Gasteiger partial charge is 0.224 e. The standard InChI is InChI=1S/C31H29NO3/c1-34-27-17-12-23(13-18-27)11-16-25-7-3-5-9-29(25)30-10-6-4-8-26(30)22-32-31(33)21-24-14-19-28(35-2)20-15-24/h3-20H,21-22H2,1-2H3,(H,32,33). The number of nitrogens with one attached hydrogen (secondary N) is 1. The number of ether oxygens (including phenoxy) is 2. The van der Waals surface area contributed by atoms with Gasteiger partial charge in [0, 0.05) is 6.54 Å². The van der Waals surface area contributed by atoms with Gasteiger partial charge in [-0.25, -0.2) is 0 Å². The van der Waals surface area contributed by atoms with Crippen molar-refractivity contribution in [1.82, 2.24) is 5.32 Å². The van der Waals surface area contributed by atoms with E-state index in [0.717, 1.165) is 44.9 Å². The van der Waals surface area contributed by atoms with Crippen LogP contribution in [0.3, 0.4) is 0 Å². The maximum absolute atomic E-state index is 12.6. The Morgan fingerprint density at radius 1 is 0.714 bits per heavy atom. The monoisotopic (exact) mass is 463 g/mol. The van der Waals surface area contributed by atoms with Crippen LogP contribution in [-0.2, 0) is 17.8 Å². The van der Waals surface area contributed by atoms with E-state index in [4.69, 9.17) is 9.47 Å². The Hall–Kier alpha value is -4.31. The number of carbonyl (C=O) groups excluding carboxylic acids is 1. The summed E-state index contributed by atoms with van der Waals surface area (Å²) in [7, 11) is 3.30. The van der Waals surface area contributed by atoms with Gasteiger partial charge in [0.05, 0.1) is 20.6 Å². The molecule has 0 saturated heterocycles. The van der Waals surface area contributed by atoms with E-state index in [1.807, 2.05) is 72.8 Å². The maximum Gasteiger partial charge on any atom is 0.224 e. The van der Waals surface area contributed by atoms with Crippen molar-refractivity contribution in [2.45, 2.75) is 13.0 Å². The van der Waals surface area contributed by atoms with E-state index in [-0.39, 0.29) is 5.91 Å². The lowest BCUT2D eigenvalue weighted by molar-refractivity contribution is -0.120. The van der Waals surface area contributed by atoms with E-state index in [1.165, 1.54) is 0 Å². The minimum atomic E-state index is -0.0161. The third-order valence-electron chi connectivity index (χ3n) is 5.84. The molecule has 0 aliphatic rings. The lowest BCUT2D eigenvalue weighted by Crippen LogP contribution is -2.24. The van der Waals surface area contributed by atoms with Crippen LogP contribution in [0.5, 0.6) is 11.5 Å². The van der Waals surface area contributed by atoms with Crippen LogP contribution in [0.4, 0.5) is 0 Å².